The molecule has 1 aromatic carbocycles. The molecule has 0 unspecified atom stereocenters. The number of aromatic nitrogens is 1. The number of pyridine rings is 1. The van der Waals surface area contributed by atoms with Gasteiger partial charge in [-0.25, -0.2) is 4.79 Å². The van der Waals surface area contributed by atoms with Gasteiger partial charge in [-0.3, -0.25) is 9.59 Å². The van der Waals surface area contributed by atoms with Gasteiger partial charge in [-0.15, -0.1) is 0 Å². The van der Waals surface area contributed by atoms with E-state index in [0.29, 0.717) is 10.9 Å². The van der Waals surface area contributed by atoms with Crippen LogP contribution in [0.25, 0.3) is 10.9 Å². The molecule has 2 rings (SSSR count). The van der Waals surface area contributed by atoms with Crippen LogP contribution < -0.4 is 10.7 Å². The fourth-order valence-corrected chi connectivity index (χ4v) is 2.29. The highest BCUT2D eigenvalue weighted by molar-refractivity contribution is 5.85. The maximum absolute atomic E-state index is 12.1. The van der Waals surface area contributed by atoms with Crippen molar-refractivity contribution in [1.29, 1.82) is 0 Å². The molecule has 0 saturated carbocycles. The lowest BCUT2D eigenvalue weighted by molar-refractivity contribution is -0.143. The van der Waals surface area contributed by atoms with E-state index in [2.05, 4.69) is 5.32 Å². The number of carboxylic acids is 1. The van der Waals surface area contributed by atoms with Gasteiger partial charge in [-0.2, -0.15) is 0 Å². The Balaban J connectivity index is 2.24. The smallest absolute Gasteiger partial charge is 0.326 e. The Labute approximate surface area is 127 Å². The van der Waals surface area contributed by atoms with Crippen LogP contribution in [0, 0.1) is 5.92 Å². The van der Waals surface area contributed by atoms with E-state index >= 15 is 0 Å². The van der Waals surface area contributed by atoms with Crippen molar-refractivity contribution in [1.82, 2.24) is 9.88 Å². The minimum Gasteiger partial charge on any atom is -0.480 e. The average molecular weight is 302 g/mol. The van der Waals surface area contributed by atoms with Crippen molar-refractivity contribution in [3.63, 3.8) is 0 Å². The van der Waals surface area contributed by atoms with E-state index in [0.717, 1.165) is 0 Å². The quantitative estimate of drug-likeness (QED) is 0.869. The zero-order chi connectivity index (χ0) is 16.3. The van der Waals surface area contributed by atoms with Gasteiger partial charge in [0.1, 0.15) is 12.6 Å². The first-order chi connectivity index (χ1) is 10.4. The number of amides is 1. The van der Waals surface area contributed by atoms with Crippen molar-refractivity contribution >= 4 is 22.8 Å². The predicted octanol–water partition coefficient (Wildman–Crippen LogP) is 1.23. The Bertz CT molecular complexity index is 764. The van der Waals surface area contributed by atoms with Crippen molar-refractivity contribution in [3.8, 4) is 0 Å². The predicted molar refractivity (Wildman–Crippen MR) is 82.6 cm³/mol. The number of nitrogens with one attached hydrogen (secondary N) is 1. The third kappa shape index (κ3) is 3.33. The monoisotopic (exact) mass is 302 g/mol. The summed E-state index contributed by atoms with van der Waals surface area (Å²) in [6.45, 7) is 3.42. The molecule has 1 heterocycles. The van der Waals surface area contributed by atoms with E-state index in [1.54, 1.807) is 42.7 Å². The molecule has 0 aliphatic heterocycles. The number of aliphatic carboxylic acids is 1. The second-order valence-corrected chi connectivity index (χ2v) is 5.45. The molecular weight excluding hydrogens is 284 g/mol. The molecular formula is C16H18N2O4. The summed E-state index contributed by atoms with van der Waals surface area (Å²) in [6, 6.07) is 7.45. The van der Waals surface area contributed by atoms with E-state index in [1.165, 1.54) is 12.3 Å². The number of fused-ring (bicyclic) bond motifs is 1. The fourth-order valence-electron chi connectivity index (χ4n) is 2.29. The van der Waals surface area contributed by atoms with Crippen LogP contribution in [0.4, 0.5) is 0 Å². The third-order valence-electron chi connectivity index (χ3n) is 3.45. The second kappa shape index (κ2) is 6.43. The Kier molecular flexibility index (Phi) is 4.60. The second-order valence-electron chi connectivity index (χ2n) is 5.45. The van der Waals surface area contributed by atoms with Crippen LogP contribution in [0.3, 0.4) is 0 Å². The van der Waals surface area contributed by atoms with Crippen molar-refractivity contribution in [2.45, 2.75) is 26.4 Å². The van der Waals surface area contributed by atoms with Gasteiger partial charge < -0.3 is 15.0 Å². The number of hydrogen-bond donors (Lipinski definition) is 2. The molecule has 0 aliphatic carbocycles. The van der Waals surface area contributed by atoms with Gasteiger partial charge >= 0.3 is 5.97 Å². The molecule has 0 fully saturated rings. The summed E-state index contributed by atoms with van der Waals surface area (Å²) < 4.78 is 1.63. The van der Waals surface area contributed by atoms with Crippen LogP contribution in [0.15, 0.2) is 41.3 Å². The van der Waals surface area contributed by atoms with Gasteiger partial charge in [-0.05, 0) is 18.1 Å². The Morgan fingerprint density at radius 1 is 1.23 bits per heavy atom. The normalized spacial score (nSPS) is 12.3. The Hall–Kier alpha value is -2.63. The van der Waals surface area contributed by atoms with Gasteiger partial charge in [0.15, 0.2) is 5.43 Å². The topological polar surface area (TPSA) is 88.4 Å². The molecule has 22 heavy (non-hydrogen) atoms. The lowest BCUT2D eigenvalue weighted by atomic mass is 10.0. The molecule has 1 atom stereocenters. The van der Waals surface area contributed by atoms with Gasteiger partial charge in [0.2, 0.25) is 5.91 Å². The number of carbonyl (C=O) groups excluding carboxylic acids is 1. The van der Waals surface area contributed by atoms with Gasteiger partial charge in [0, 0.05) is 17.6 Å². The van der Waals surface area contributed by atoms with Gasteiger partial charge in [0.05, 0.1) is 5.52 Å². The molecule has 0 spiro atoms. The van der Waals surface area contributed by atoms with E-state index in [1.807, 2.05) is 0 Å². The summed E-state index contributed by atoms with van der Waals surface area (Å²) in [5, 5.41) is 12.1. The summed E-state index contributed by atoms with van der Waals surface area (Å²) in [7, 11) is 0. The van der Waals surface area contributed by atoms with E-state index < -0.39 is 17.9 Å². The zero-order valence-electron chi connectivity index (χ0n) is 12.4. The van der Waals surface area contributed by atoms with Crippen LogP contribution in [0.5, 0.6) is 0 Å². The molecule has 1 aromatic heterocycles. The number of carbonyl (C=O) groups is 2. The zero-order valence-corrected chi connectivity index (χ0v) is 12.4. The Morgan fingerprint density at radius 2 is 1.91 bits per heavy atom. The van der Waals surface area contributed by atoms with Gasteiger partial charge in [-0.1, -0.05) is 26.0 Å². The van der Waals surface area contributed by atoms with E-state index in [-0.39, 0.29) is 17.9 Å². The average Bonchev–Trinajstić information content (AvgIpc) is 2.47. The highest BCUT2D eigenvalue weighted by Crippen LogP contribution is 2.09. The van der Waals surface area contributed by atoms with Crippen LogP contribution in [-0.4, -0.2) is 27.6 Å². The maximum atomic E-state index is 12.1. The Morgan fingerprint density at radius 3 is 2.55 bits per heavy atom. The van der Waals surface area contributed by atoms with E-state index in [4.69, 9.17) is 5.11 Å². The largest absolute Gasteiger partial charge is 0.480 e. The molecule has 0 radical (unpaired) electrons. The molecule has 6 nitrogen and oxygen atoms in total. The van der Waals surface area contributed by atoms with Crippen LogP contribution in [0.2, 0.25) is 0 Å². The minimum atomic E-state index is -1.06. The minimum absolute atomic E-state index is 0.0444. The van der Waals surface area contributed by atoms with Crippen LogP contribution >= 0.6 is 0 Å². The highest BCUT2D eigenvalue weighted by atomic mass is 16.4. The first-order valence-electron chi connectivity index (χ1n) is 7.00. The molecule has 0 aliphatic rings. The number of benzene rings is 1. The molecule has 2 aromatic rings. The highest BCUT2D eigenvalue weighted by Gasteiger charge is 2.23. The molecule has 6 heteroatoms. The SMILES string of the molecule is CC(C)[C@H](NC(=O)Cn1ccc(=O)c2ccccc21)C(=O)O. The first-order valence-corrected chi connectivity index (χ1v) is 7.00. The maximum Gasteiger partial charge on any atom is 0.326 e. The molecule has 0 bridgehead atoms. The lowest BCUT2D eigenvalue weighted by Gasteiger charge is -2.18. The summed E-state index contributed by atoms with van der Waals surface area (Å²) in [4.78, 5) is 35.0. The van der Waals surface area contributed by atoms with Crippen molar-refractivity contribution < 1.29 is 14.7 Å². The van der Waals surface area contributed by atoms with Crippen LogP contribution in [-0.2, 0) is 16.1 Å². The summed E-state index contributed by atoms with van der Waals surface area (Å²) in [5.74, 6) is -1.68. The summed E-state index contributed by atoms with van der Waals surface area (Å²) >= 11 is 0. The van der Waals surface area contributed by atoms with Gasteiger partial charge in [0.25, 0.3) is 0 Å². The molecule has 2 N–H and O–H groups in total. The van der Waals surface area contributed by atoms with Crippen LogP contribution in [0.1, 0.15) is 13.8 Å². The molecule has 116 valence electrons. The third-order valence-corrected chi connectivity index (χ3v) is 3.45. The number of hydrogen-bond acceptors (Lipinski definition) is 3. The fraction of sp³-hybridized carbons (Fsp3) is 0.312. The molecule has 0 saturated heterocycles. The van der Waals surface area contributed by atoms with Crippen molar-refractivity contribution in [3.05, 3.63) is 46.8 Å². The van der Waals surface area contributed by atoms with Crippen molar-refractivity contribution in [2.24, 2.45) is 5.92 Å². The van der Waals surface area contributed by atoms with E-state index in [9.17, 15) is 14.4 Å². The first kappa shape index (κ1) is 15.8. The number of nitrogens with zero attached hydrogens (tertiary/aromatic N) is 1. The lowest BCUT2D eigenvalue weighted by Crippen LogP contribution is -2.45. The molecule has 1 amide bonds. The standard InChI is InChI=1S/C16H18N2O4/c1-10(2)15(16(21)22)17-14(20)9-18-8-7-13(19)11-5-3-4-6-12(11)18/h3-8,10,15H,9H2,1-2H3,(H,17,20)(H,21,22)/t15-/m0/s1. The number of para-hydroxylation sites is 1. The summed E-state index contributed by atoms with van der Waals surface area (Å²) in [5.41, 5.74) is 0.527. The summed E-state index contributed by atoms with van der Waals surface area (Å²) in [6.07, 6.45) is 1.54. The number of carboxylic acid groups (broad SMARTS) is 1. The number of rotatable bonds is 5. The van der Waals surface area contributed by atoms with Crippen molar-refractivity contribution in [2.75, 3.05) is 0 Å².